The molecule has 0 atom stereocenters. The number of nitrogens with zero attached hydrogens (tertiary/aromatic N) is 5. The van der Waals surface area contributed by atoms with Crippen molar-refractivity contribution in [2.75, 3.05) is 24.8 Å². The van der Waals surface area contributed by atoms with Gasteiger partial charge in [0.25, 0.3) is 0 Å². The number of aromatic nitrogens is 5. The van der Waals surface area contributed by atoms with Gasteiger partial charge in [0, 0.05) is 32.3 Å². The second-order valence-corrected chi connectivity index (χ2v) is 8.77. The van der Waals surface area contributed by atoms with E-state index in [1.807, 2.05) is 60.0 Å². The first-order chi connectivity index (χ1) is 17.0. The minimum atomic E-state index is -0.145. The number of thioether (sulfide) groups is 1. The maximum absolute atomic E-state index is 12.5. The van der Waals surface area contributed by atoms with Crippen molar-refractivity contribution in [3.8, 4) is 16.9 Å². The molecule has 0 aliphatic rings. The van der Waals surface area contributed by atoms with Crippen LogP contribution in [0.4, 0.5) is 5.82 Å². The lowest BCUT2D eigenvalue weighted by atomic mass is 10.1. The van der Waals surface area contributed by atoms with Gasteiger partial charge in [-0.15, -0.1) is 10.2 Å². The van der Waals surface area contributed by atoms with Gasteiger partial charge in [0.1, 0.15) is 18.2 Å². The number of carbonyl (C=O) groups excluding carboxylic acids is 1. The summed E-state index contributed by atoms with van der Waals surface area (Å²) in [7, 11) is 3.44. The predicted octanol–water partition coefficient (Wildman–Crippen LogP) is 3.94. The number of rotatable bonds is 11. The molecule has 0 aliphatic heterocycles. The van der Waals surface area contributed by atoms with Gasteiger partial charge in [0.15, 0.2) is 11.0 Å². The number of methoxy groups -OCH3 is 1. The Morgan fingerprint density at radius 2 is 1.86 bits per heavy atom. The highest BCUT2D eigenvalue weighted by Gasteiger charge is 2.16. The van der Waals surface area contributed by atoms with Crippen LogP contribution in [0.1, 0.15) is 11.5 Å². The molecule has 10 heteroatoms. The Kier molecular flexibility index (Phi) is 8.17. The molecule has 9 nitrogen and oxygen atoms in total. The molecule has 0 fully saturated rings. The van der Waals surface area contributed by atoms with E-state index in [0.29, 0.717) is 30.0 Å². The number of ether oxygens (including phenoxy) is 2. The van der Waals surface area contributed by atoms with E-state index in [-0.39, 0.29) is 18.3 Å². The first-order valence-corrected chi connectivity index (χ1v) is 12.1. The van der Waals surface area contributed by atoms with Crippen LogP contribution in [0.2, 0.25) is 0 Å². The average molecular weight is 493 g/mol. The zero-order valence-corrected chi connectivity index (χ0v) is 20.8. The van der Waals surface area contributed by atoms with Crippen LogP contribution < -0.4 is 10.1 Å². The molecular formula is C25H28N6O3S. The Balaban J connectivity index is 1.44. The van der Waals surface area contributed by atoms with Crippen LogP contribution in [-0.2, 0) is 29.7 Å². The summed E-state index contributed by atoms with van der Waals surface area (Å²) in [6.07, 6.45) is 0. The minimum Gasteiger partial charge on any atom is -0.485 e. The van der Waals surface area contributed by atoms with Crippen molar-refractivity contribution in [1.29, 1.82) is 0 Å². The lowest BCUT2D eigenvalue weighted by molar-refractivity contribution is -0.113. The average Bonchev–Trinajstić information content (AvgIpc) is 3.41. The molecule has 0 saturated carbocycles. The fourth-order valence-electron chi connectivity index (χ4n) is 3.57. The Bertz CT molecular complexity index is 1270. The molecule has 4 rings (SSSR count). The number of nitrogens with one attached hydrogen (secondary N) is 1. The summed E-state index contributed by atoms with van der Waals surface area (Å²) in [5.74, 6) is 2.12. The summed E-state index contributed by atoms with van der Waals surface area (Å²) >= 11 is 1.32. The fraction of sp³-hybridized carbons (Fsp3) is 0.280. The number of amides is 1. The summed E-state index contributed by atoms with van der Waals surface area (Å²) in [6, 6.07) is 19.8. The van der Waals surface area contributed by atoms with E-state index in [1.165, 1.54) is 11.8 Å². The molecule has 1 N–H and O–H groups in total. The number of hydrogen-bond donors (Lipinski definition) is 1. The monoisotopic (exact) mass is 492 g/mol. The van der Waals surface area contributed by atoms with E-state index in [0.717, 1.165) is 22.6 Å². The second-order valence-electron chi connectivity index (χ2n) is 7.83. The van der Waals surface area contributed by atoms with E-state index < -0.39 is 0 Å². The molecule has 0 saturated heterocycles. The number of anilines is 1. The Morgan fingerprint density at radius 3 is 2.60 bits per heavy atom. The summed E-state index contributed by atoms with van der Waals surface area (Å²) < 4.78 is 15.0. The largest absolute Gasteiger partial charge is 0.485 e. The topological polar surface area (TPSA) is 96.1 Å². The van der Waals surface area contributed by atoms with Crippen LogP contribution in [0.3, 0.4) is 0 Å². The first kappa shape index (κ1) is 24.5. The van der Waals surface area contributed by atoms with Crippen molar-refractivity contribution >= 4 is 23.5 Å². The van der Waals surface area contributed by atoms with Gasteiger partial charge in [-0.1, -0.05) is 60.3 Å². The molecule has 2 aromatic heterocycles. The lowest BCUT2D eigenvalue weighted by Gasteiger charge is -2.13. The van der Waals surface area contributed by atoms with Crippen molar-refractivity contribution in [3.63, 3.8) is 0 Å². The molecule has 2 aromatic carbocycles. The molecule has 0 spiro atoms. The summed E-state index contributed by atoms with van der Waals surface area (Å²) in [5.41, 5.74) is 2.93. The fourth-order valence-corrected chi connectivity index (χ4v) is 4.35. The minimum absolute atomic E-state index is 0.145. The van der Waals surface area contributed by atoms with Crippen molar-refractivity contribution in [1.82, 2.24) is 24.5 Å². The maximum Gasteiger partial charge on any atom is 0.235 e. The van der Waals surface area contributed by atoms with Gasteiger partial charge in [-0.3, -0.25) is 9.48 Å². The zero-order valence-electron chi connectivity index (χ0n) is 20.0. The van der Waals surface area contributed by atoms with Crippen molar-refractivity contribution in [2.45, 2.75) is 25.2 Å². The highest BCUT2D eigenvalue weighted by atomic mass is 32.2. The molecule has 0 aliphatic carbocycles. The lowest BCUT2D eigenvalue weighted by Crippen LogP contribution is -2.17. The third-order valence-electron chi connectivity index (χ3n) is 5.24. The van der Waals surface area contributed by atoms with E-state index >= 15 is 0 Å². The smallest absolute Gasteiger partial charge is 0.235 e. The van der Waals surface area contributed by atoms with Gasteiger partial charge >= 0.3 is 0 Å². The van der Waals surface area contributed by atoms with Gasteiger partial charge < -0.3 is 19.4 Å². The first-order valence-electron chi connectivity index (χ1n) is 11.2. The summed E-state index contributed by atoms with van der Waals surface area (Å²) in [6.45, 7) is 3.15. The number of hydrogen-bond acceptors (Lipinski definition) is 7. The Labute approximate surface area is 208 Å². The van der Waals surface area contributed by atoms with Crippen molar-refractivity contribution in [2.24, 2.45) is 7.05 Å². The van der Waals surface area contributed by atoms with Crippen LogP contribution in [0.15, 0.2) is 65.8 Å². The van der Waals surface area contributed by atoms with Gasteiger partial charge in [0.05, 0.1) is 18.1 Å². The Hall–Kier alpha value is -3.63. The second kappa shape index (κ2) is 11.7. The Morgan fingerprint density at radius 1 is 1.09 bits per heavy atom. The predicted molar refractivity (Wildman–Crippen MR) is 135 cm³/mol. The maximum atomic E-state index is 12.5. The van der Waals surface area contributed by atoms with Gasteiger partial charge in [0.2, 0.25) is 5.91 Å². The van der Waals surface area contributed by atoms with Gasteiger partial charge in [-0.25, -0.2) is 0 Å². The summed E-state index contributed by atoms with van der Waals surface area (Å²) in [4.78, 5) is 12.5. The molecular weight excluding hydrogens is 464 g/mol. The van der Waals surface area contributed by atoms with Crippen LogP contribution in [0.25, 0.3) is 11.1 Å². The molecule has 0 radical (unpaired) electrons. The van der Waals surface area contributed by atoms with E-state index in [4.69, 9.17) is 9.47 Å². The number of benzene rings is 2. The molecule has 2 heterocycles. The van der Waals surface area contributed by atoms with Crippen LogP contribution in [0, 0.1) is 6.92 Å². The summed E-state index contributed by atoms with van der Waals surface area (Å²) in [5, 5.41) is 16.4. The number of carbonyl (C=O) groups is 1. The third kappa shape index (κ3) is 6.28. The van der Waals surface area contributed by atoms with Gasteiger partial charge in [-0.2, -0.15) is 5.10 Å². The van der Waals surface area contributed by atoms with E-state index in [2.05, 4.69) is 32.7 Å². The molecule has 4 aromatic rings. The molecule has 182 valence electrons. The normalized spacial score (nSPS) is 10.9. The molecule has 1 amide bonds. The highest BCUT2D eigenvalue weighted by molar-refractivity contribution is 7.99. The third-order valence-corrected chi connectivity index (χ3v) is 6.21. The quantitative estimate of drug-likeness (QED) is 0.317. The molecule has 35 heavy (non-hydrogen) atoms. The van der Waals surface area contributed by atoms with E-state index in [9.17, 15) is 4.79 Å². The van der Waals surface area contributed by atoms with Crippen LogP contribution >= 0.6 is 11.8 Å². The number of aryl methyl sites for hydroxylation is 2. The molecule has 0 unspecified atom stereocenters. The van der Waals surface area contributed by atoms with Crippen molar-refractivity contribution < 1.29 is 14.3 Å². The standard InChI is InChI=1S/C25H28N6O3S/c1-18-15-22(30(2)29-18)26-24(32)17-35-25-28-27-23(31(25)13-14-33-3)16-34-21-12-8-7-11-20(21)19-9-5-4-6-10-19/h4-12,15H,13-14,16-17H2,1-3H3,(H,26,32). The SMILES string of the molecule is COCCn1c(COc2ccccc2-c2ccccc2)nnc1SCC(=O)Nc1cc(C)nn1C. The number of para-hydroxylation sites is 1. The zero-order chi connectivity index (χ0) is 24.6. The van der Waals surface area contributed by atoms with Gasteiger partial charge in [-0.05, 0) is 18.6 Å². The van der Waals surface area contributed by atoms with Crippen LogP contribution in [-0.4, -0.2) is 49.9 Å². The molecule has 0 bridgehead atoms. The van der Waals surface area contributed by atoms with E-state index in [1.54, 1.807) is 18.8 Å². The highest BCUT2D eigenvalue weighted by Crippen LogP contribution is 2.30. The van der Waals surface area contributed by atoms with Crippen LogP contribution in [0.5, 0.6) is 5.75 Å². The van der Waals surface area contributed by atoms with Crippen molar-refractivity contribution in [3.05, 3.63) is 72.2 Å².